The van der Waals surface area contributed by atoms with Crippen LogP contribution < -0.4 is 5.32 Å². The van der Waals surface area contributed by atoms with Gasteiger partial charge in [-0.25, -0.2) is 0 Å². The number of halogens is 3. The Morgan fingerprint density at radius 1 is 1.29 bits per heavy atom. The lowest BCUT2D eigenvalue weighted by Gasteiger charge is -2.23. The van der Waals surface area contributed by atoms with Crippen molar-refractivity contribution >= 4 is 40.7 Å². The molecule has 1 aromatic carbocycles. The van der Waals surface area contributed by atoms with E-state index in [1.807, 2.05) is 20.8 Å². The Hall–Kier alpha value is -0.440. The van der Waals surface area contributed by atoms with Gasteiger partial charge in [0, 0.05) is 5.54 Å². The average Bonchev–Trinajstić information content (AvgIpc) is 2.18. The van der Waals surface area contributed by atoms with E-state index in [9.17, 15) is 4.79 Å². The number of alkyl halides is 1. The molecule has 1 aromatic rings. The van der Waals surface area contributed by atoms with E-state index >= 15 is 0 Å². The third-order valence-electron chi connectivity index (χ3n) is 1.98. The summed E-state index contributed by atoms with van der Waals surface area (Å²) in [6.07, 6.45) is 0. The molecule has 0 heterocycles. The summed E-state index contributed by atoms with van der Waals surface area (Å²) in [5, 5.41) is 2.65. The summed E-state index contributed by atoms with van der Waals surface area (Å²) in [6, 6.07) is 5.05. The SMILES string of the molecule is CC(C)(C)NC(=O)C(Cl)c1cccc(Cl)c1Cl. The predicted octanol–water partition coefficient (Wildman–Crippen LogP) is 4.19. The molecule has 0 aliphatic heterocycles. The molecule has 0 aliphatic carbocycles. The van der Waals surface area contributed by atoms with Gasteiger partial charge in [0.2, 0.25) is 5.91 Å². The molecular formula is C12H14Cl3NO. The molecule has 1 atom stereocenters. The third-order valence-corrected chi connectivity index (χ3v) is 3.25. The van der Waals surface area contributed by atoms with E-state index in [0.717, 1.165) is 0 Å². The lowest BCUT2D eigenvalue weighted by atomic mass is 10.1. The van der Waals surface area contributed by atoms with Gasteiger partial charge in [-0.05, 0) is 32.4 Å². The summed E-state index contributed by atoms with van der Waals surface area (Å²) >= 11 is 18.0. The summed E-state index contributed by atoms with van der Waals surface area (Å²) in [5.41, 5.74) is 0.178. The van der Waals surface area contributed by atoms with Crippen LogP contribution in [0.3, 0.4) is 0 Å². The molecule has 94 valence electrons. The predicted molar refractivity (Wildman–Crippen MR) is 73.0 cm³/mol. The van der Waals surface area contributed by atoms with Crippen LogP contribution in [-0.2, 0) is 4.79 Å². The van der Waals surface area contributed by atoms with E-state index in [2.05, 4.69) is 5.32 Å². The first-order valence-corrected chi connectivity index (χ1v) is 6.31. The minimum absolute atomic E-state index is 0.289. The second-order valence-electron chi connectivity index (χ2n) is 4.74. The third kappa shape index (κ3) is 4.06. The zero-order valence-electron chi connectivity index (χ0n) is 9.85. The standard InChI is InChI=1S/C12H14Cl3NO/c1-12(2,3)16-11(17)10(15)7-5-4-6-8(13)9(7)14/h4-6,10H,1-3H3,(H,16,17). The summed E-state index contributed by atoms with van der Waals surface area (Å²) in [4.78, 5) is 11.9. The molecule has 1 rings (SSSR count). The molecule has 2 nitrogen and oxygen atoms in total. The Bertz CT molecular complexity index is 426. The molecular weight excluding hydrogens is 280 g/mol. The van der Waals surface area contributed by atoms with Gasteiger partial charge >= 0.3 is 0 Å². The Morgan fingerprint density at radius 2 is 1.88 bits per heavy atom. The van der Waals surface area contributed by atoms with Crippen molar-refractivity contribution in [2.75, 3.05) is 0 Å². The van der Waals surface area contributed by atoms with Crippen molar-refractivity contribution in [2.24, 2.45) is 0 Å². The van der Waals surface area contributed by atoms with E-state index in [1.165, 1.54) is 0 Å². The van der Waals surface area contributed by atoms with E-state index in [1.54, 1.807) is 18.2 Å². The Labute approximate surface area is 116 Å². The normalized spacial score (nSPS) is 13.3. The molecule has 0 spiro atoms. The second kappa shape index (κ2) is 5.47. The second-order valence-corrected chi connectivity index (χ2v) is 5.97. The largest absolute Gasteiger partial charge is 0.350 e. The van der Waals surface area contributed by atoms with Gasteiger partial charge in [-0.3, -0.25) is 4.79 Å². The Balaban J connectivity index is 2.93. The van der Waals surface area contributed by atoms with Crippen molar-refractivity contribution in [1.29, 1.82) is 0 Å². The average molecular weight is 295 g/mol. The monoisotopic (exact) mass is 293 g/mol. The smallest absolute Gasteiger partial charge is 0.243 e. The quantitative estimate of drug-likeness (QED) is 0.814. The first kappa shape index (κ1) is 14.6. The van der Waals surface area contributed by atoms with Gasteiger partial charge in [-0.15, -0.1) is 11.6 Å². The fraction of sp³-hybridized carbons (Fsp3) is 0.417. The first-order valence-electron chi connectivity index (χ1n) is 5.12. The first-order chi connectivity index (χ1) is 7.72. The number of carbonyl (C=O) groups excluding carboxylic acids is 1. The molecule has 0 bridgehead atoms. The van der Waals surface area contributed by atoms with E-state index < -0.39 is 5.38 Å². The molecule has 1 amide bonds. The van der Waals surface area contributed by atoms with E-state index in [0.29, 0.717) is 15.6 Å². The van der Waals surface area contributed by atoms with Crippen molar-refractivity contribution in [3.8, 4) is 0 Å². The number of carbonyl (C=O) groups is 1. The summed E-state index contributed by atoms with van der Waals surface area (Å²) in [7, 11) is 0. The highest BCUT2D eigenvalue weighted by Crippen LogP contribution is 2.33. The highest BCUT2D eigenvalue weighted by molar-refractivity contribution is 6.43. The van der Waals surface area contributed by atoms with Crippen molar-refractivity contribution in [3.63, 3.8) is 0 Å². The van der Waals surface area contributed by atoms with Crippen LogP contribution in [0.25, 0.3) is 0 Å². The number of amides is 1. The zero-order valence-corrected chi connectivity index (χ0v) is 12.1. The maximum Gasteiger partial charge on any atom is 0.243 e. The number of hydrogen-bond donors (Lipinski definition) is 1. The van der Waals surface area contributed by atoms with Crippen LogP contribution in [0.5, 0.6) is 0 Å². The number of benzene rings is 1. The fourth-order valence-corrected chi connectivity index (χ4v) is 2.00. The highest BCUT2D eigenvalue weighted by atomic mass is 35.5. The van der Waals surface area contributed by atoms with Gasteiger partial charge in [0.15, 0.2) is 0 Å². The maximum absolute atomic E-state index is 11.9. The fourth-order valence-electron chi connectivity index (χ4n) is 1.29. The minimum Gasteiger partial charge on any atom is -0.350 e. The van der Waals surface area contributed by atoms with Gasteiger partial charge in [0.25, 0.3) is 0 Å². The molecule has 0 fully saturated rings. The molecule has 0 saturated heterocycles. The number of hydrogen-bond acceptors (Lipinski definition) is 1. The van der Waals surface area contributed by atoms with Crippen molar-refractivity contribution < 1.29 is 4.79 Å². The summed E-state index contributed by atoms with van der Waals surface area (Å²) < 4.78 is 0. The molecule has 5 heteroatoms. The van der Waals surface area contributed by atoms with Gasteiger partial charge < -0.3 is 5.32 Å². The van der Waals surface area contributed by atoms with Gasteiger partial charge in [-0.2, -0.15) is 0 Å². The molecule has 1 unspecified atom stereocenters. The molecule has 0 radical (unpaired) electrons. The molecule has 0 aliphatic rings. The summed E-state index contributed by atoms with van der Waals surface area (Å²) in [5.74, 6) is -0.289. The van der Waals surface area contributed by atoms with Crippen LogP contribution in [0, 0.1) is 0 Å². The number of rotatable bonds is 2. The zero-order chi connectivity index (χ0) is 13.2. The Morgan fingerprint density at radius 3 is 2.41 bits per heavy atom. The van der Waals surface area contributed by atoms with Crippen LogP contribution in [0.4, 0.5) is 0 Å². The van der Waals surface area contributed by atoms with Crippen LogP contribution >= 0.6 is 34.8 Å². The van der Waals surface area contributed by atoms with Crippen LogP contribution in [0.15, 0.2) is 18.2 Å². The van der Waals surface area contributed by atoms with Crippen LogP contribution in [0.1, 0.15) is 31.7 Å². The van der Waals surface area contributed by atoms with Crippen LogP contribution in [-0.4, -0.2) is 11.4 Å². The Kier molecular flexibility index (Phi) is 4.70. The number of nitrogens with one attached hydrogen (secondary N) is 1. The van der Waals surface area contributed by atoms with Crippen molar-refractivity contribution in [3.05, 3.63) is 33.8 Å². The maximum atomic E-state index is 11.9. The van der Waals surface area contributed by atoms with E-state index in [4.69, 9.17) is 34.8 Å². The summed E-state index contributed by atoms with van der Waals surface area (Å²) in [6.45, 7) is 5.65. The van der Waals surface area contributed by atoms with Gasteiger partial charge in [-0.1, -0.05) is 35.3 Å². The lowest BCUT2D eigenvalue weighted by molar-refractivity contribution is -0.122. The van der Waals surface area contributed by atoms with Crippen molar-refractivity contribution in [2.45, 2.75) is 31.7 Å². The van der Waals surface area contributed by atoms with Gasteiger partial charge in [0.1, 0.15) is 5.38 Å². The lowest BCUT2D eigenvalue weighted by Crippen LogP contribution is -2.42. The molecule has 1 N–H and O–H groups in total. The molecule has 0 saturated carbocycles. The molecule has 17 heavy (non-hydrogen) atoms. The molecule has 0 aromatic heterocycles. The minimum atomic E-state index is -0.847. The van der Waals surface area contributed by atoms with Gasteiger partial charge in [0.05, 0.1) is 10.0 Å². The van der Waals surface area contributed by atoms with Crippen LogP contribution in [0.2, 0.25) is 10.0 Å². The van der Waals surface area contributed by atoms with E-state index in [-0.39, 0.29) is 11.4 Å². The van der Waals surface area contributed by atoms with Crippen molar-refractivity contribution in [1.82, 2.24) is 5.32 Å². The highest BCUT2D eigenvalue weighted by Gasteiger charge is 2.24. The topological polar surface area (TPSA) is 29.1 Å².